The van der Waals surface area contributed by atoms with Gasteiger partial charge in [0.15, 0.2) is 0 Å². The third-order valence-corrected chi connectivity index (χ3v) is 6.60. The number of hydrogen-bond donors (Lipinski definition) is 1. The van der Waals surface area contributed by atoms with Crippen molar-refractivity contribution in [3.8, 4) is 0 Å². The van der Waals surface area contributed by atoms with Gasteiger partial charge in [-0.15, -0.1) is 0 Å². The van der Waals surface area contributed by atoms with Crippen molar-refractivity contribution in [1.29, 1.82) is 0 Å². The van der Waals surface area contributed by atoms with Crippen molar-refractivity contribution in [3.63, 3.8) is 0 Å². The first kappa shape index (κ1) is 11.8. The monoisotopic (exact) mass is 247 g/mol. The average molecular weight is 247 g/mol. The highest BCUT2D eigenvalue weighted by atomic mass is 14.9. The lowest BCUT2D eigenvalue weighted by Crippen LogP contribution is -2.54. The van der Waals surface area contributed by atoms with Crippen molar-refractivity contribution in [2.75, 3.05) is 6.54 Å². The van der Waals surface area contributed by atoms with Crippen molar-refractivity contribution in [3.05, 3.63) is 0 Å². The third kappa shape index (κ3) is 1.94. The average Bonchev–Trinajstić information content (AvgIpc) is 2.75. The van der Waals surface area contributed by atoms with Gasteiger partial charge in [-0.2, -0.15) is 0 Å². The zero-order valence-electron chi connectivity index (χ0n) is 12.0. The second-order valence-electron chi connectivity index (χ2n) is 8.63. The topological polar surface area (TPSA) is 12.0 Å². The molecule has 0 amide bonds. The lowest BCUT2D eigenvalue weighted by molar-refractivity contribution is -0.101. The summed E-state index contributed by atoms with van der Waals surface area (Å²) in [5.41, 5.74) is 1.43. The first-order valence-electron chi connectivity index (χ1n) is 8.38. The molecule has 4 bridgehead atoms. The van der Waals surface area contributed by atoms with E-state index in [1.807, 2.05) is 0 Å². The summed E-state index contributed by atoms with van der Waals surface area (Å²) in [6.45, 7) is 3.94. The molecular weight excluding hydrogens is 218 g/mol. The first-order chi connectivity index (χ1) is 8.65. The van der Waals surface area contributed by atoms with Crippen molar-refractivity contribution >= 4 is 0 Å². The van der Waals surface area contributed by atoms with Crippen LogP contribution in [0, 0.1) is 22.7 Å². The molecule has 0 saturated heterocycles. The summed E-state index contributed by atoms with van der Waals surface area (Å²) >= 11 is 0. The highest BCUT2D eigenvalue weighted by Gasteiger charge is 2.55. The number of rotatable bonds is 3. The van der Waals surface area contributed by atoms with E-state index < -0.39 is 0 Å². The quantitative estimate of drug-likeness (QED) is 0.791. The van der Waals surface area contributed by atoms with Gasteiger partial charge in [0.2, 0.25) is 0 Å². The Labute approximate surface area is 112 Å². The molecule has 0 spiro atoms. The van der Waals surface area contributed by atoms with Crippen LogP contribution in [0.3, 0.4) is 0 Å². The number of hydrogen-bond acceptors (Lipinski definition) is 1. The predicted molar refractivity (Wildman–Crippen MR) is 75.5 cm³/mol. The highest BCUT2D eigenvalue weighted by Crippen LogP contribution is 2.64. The first-order valence-corrected chi connectivity index (χ1v) is 8.38. The minimum atomic E-state index is 0.710. The van der Waals surface area contributed by atoms with E-state index in [9.17, 15) is 0 Å². The molecule has 2 atom stereocenters. The normalized spacial score (nSPS) is 51.2. The smallest absolute Gasteiger partial charge is 0.00672 e. The SMILES string of the molecule is CC12CC3CC(C1)CC(CNC1CCCC1)(C3)C2. The van der Waals surface area contributed by atoms with Crippen molar-refractivity contribution in [2.45, 2.75) is 77.2 Å². The van der Waals surface area contributed by atoms with Crippen molar-refractivity contribution in [1.82, 2.24) is 5.32 Å². The second kappa shape index (κ2) is 3.98. The Morgan fingerprint density at radius 3 is 2.28 bits per heavy atom. The fraction of sp³-hybridized carbons (Fsp3) is 1.00. The maximum absolute atomic E-state index is 3.96. The van der Waals surface area contributed by atoms with Crippen LogP contribution in [0.15, 0.2) is 0 Å². The van der Waals surface area contributed by atoms with Crippen LogP contribution in [0.1, 0.15) is 71.1 Å². The fourth-order valence-electron chi connectivity index (χ4n) is 6.63. The molecule has 0 aromatic carbocycles. The molecule has 1 N–H and O–H groups in total. The van der Waals surface area contributed by atoms with Gasteiger partial charge in [-0.05, 0) is 74.0 Å². The molecule has 0 aliphatic heterocycles. The van der Waals surface area contributed by atoms with Crippen LogP contribution in [0.25, 0.3) is 0 Å². The van der Waals surface area contributed by atoms with Gasteiger partial charge >= 0.3 is 0 Å². The molecular formula is C17H29N. The Morgan fingerprint density at radius 2 is 1.67 bits per heavy atom. The van der Waals surface area contributed by atoms with Gasteiger partial charge in [0.05, 0.1) is 0 Å². The minimum absolute atomic E-state index is 0.710. The molecule has 1 nitrogen and oxygen atoms in total. The van der Waals surface area contributed by atoms with Crippen molar-refractivity contribution in [2.24, 2.45) is 22.7 Å². The third-order valence-electron chi connectivity index (χ3n) is 6.60. The van der Waals surface area contributed by atoms with Gasteiger partial charge < -0.3 is 5.32 Å². The minimum Gasteiger partial charge on any atom is -0.313 e. The van der Waals surface area contributed by atoms with Crippen LogP contribution < -0.4 is 5.32 Å². The summed E-state index contributed by atoms with van der Waals surface area (Å²) in [4.78, 5) is 0. The lowest BCUT2D eigenvalue weighted by Gasteiger charge is -2.61. The van der Waals surface area contributed by atoms with E-state index in [4.69, 9.17) is 0 Å². The van der Waals surface area contributed by atoms with Gasteiger partial charge in [-0.1, -0.05) is 19.8 Å². The molecule has 5 saturated carbocycles. The molecule has 0 aromatic heterocycles. The lowest BCUT2D eigenvalue weighted by atomic mass is 9.44. The summed E-state index contributed by atoms with van der Waals surface area (Å²) in [6.07, 6.45) is 15.1. The summed E-state index contributed by atoms with van der Waals surface area (Å²) < 4.78 is 0. The maximum atomic E-state index is 3.96. The van der Waals surface area contributed by atoms with Crippen LogP contribution in [-0.4, -0.2) is 12.6 Å². The van der Waals surface area contributed by atoms with E-state index in [1.54, 1.807) is 32.1 Å². The van der Waals surface area contributed by atoms with E-state index in [0.29, 0.717) is 5.41 Å². The van der Waals surface area contributed by atoms with Crippen LogP contribution in [0.2, 0.25) is 0 Å². The molecule has 5 fully saturated rings. The molecule has 5 rings (SSSR count). The molecule has 0 aromatic rings. The van der Waals surface area contributed by atoms with E-state index in [2.05, 4.69) is 12.2 Å². The molecule has 5 aliphatic carbocycles. The molecule has 2 unspecified atom stereocenters. The van der Waals surface area contributed by atoms with Gasteiger partial charge in [0.25, 0.3) is 0 Å². The Morgan fingerprint density at radius 1 is 1.00 bits per heavy atom. The van der Waals surface area contributed by atoms with Crippen LogP contribution in [0.5, 0.6) is 0 Å². The molecule has 5 aliphatic rings. The zero-order chi connectivity index (χ0) is 12.2. The van der Waals surface area contributed by atoms with Gasteiger partial charge in [0.1, 0.15) is 0 Å². The Bertz CT molecular complexity index is 315. The number of nitrogens with one attached hydrogen (secondary N) is 1. The molecule has 1 heteroatoms. The standard InChI is InChI=1S/C17H29N/c1-16-7-13-6-14(8-16)10-17(9-13,11-16)12-18-15-4-2-3-5-15/h13-15,18H,2-12H2,1H3. The fourth-order valence-corrected chi connectivity index (χ4v) is 6.63. The second-order valence-corrected chi connectivity index (χ2v) is 8.63. The van der Waals surface area contributed by atoms with Gasteiger partial charge in [-0.25, -0.2) is 0 Å². The molecule has 102 valence electrons. The highest BCUT2D eigenvalue weighted by molar-refractivity contribution is 5.07. The van der Waals surface area contributed by atoms with Gasteiger partial charge in [-0.3, -0.25) is 0 Å². The molecule has 0 heterocycles. The van der Waals surface area contributed by atoms with Crippen LogP contribution >= 0.6 is 0 Å². The summed E-state index contributed by atoms with van der Waals surface area (Å²) in [6, 6.07) is 0.866. The summed E-state index contributed by atoms with van der Waals surface area (Å²) in [7, 11) is 0. The summed E-state index contributed by atoms with van der Waals surface area (Å²) in [5.74, 6) is 2.17. The molecule has 0 radical (unpaired) electrons. The van der Waals surface area contributed by atoms with Crippen LogP contribution in [-0.2, 0) is 0 Å². The van der Waals surface area contributed by atoms with Crippen molar-refractivity contribution < 1.29 is 0 Å². The Hall–Kier alpha value is -0.0400. The van der Waals surface area contributed by atoms with E-state index in [0.717, 1.165) is 23.3 Å². The van der Waals surface area contributed by atoms with E-state index >= 15 is 0 Å². The maximum Gasteiger partial charge on any atom is 0.00672 e. The predicted octanol–water partition coefficient (Wildman–Crippen LogP) is 4.13. The molecule has 18 heavy (non-hydrogen) atoms. The largest absolute Gasteiger partial charge is 0.313 e. The van der Waals surface area contributed by atoms with E-state index in [1.165, 1.54) is 38.6 Å². The van der Waals surface area contributed by atoms with E-state index in [-0.39, 0.29) is 0 Å². The summed E-state index contributed by atoms with van der Waals surface area (Å²) in [5, 5.41) is 3.96. The Balaban J connectivity index is 1.46. The Kier molecular flexibility index (Phi) is 2.60. The van der Waals surface area contributed by atoms with Crippen LogP contribution in [0.4, 0.5) is 0 Å². The zero-order valence-corrected chi connectivity index (χ0v) is 12.0. The van der Waals surface area contributed by atoms with Gasteiger partial charge in [0, 0.05) is 12.6 Å².